The van der Waals surface area contributed by atoms with E-state index in [-0.39, 0.29) is 17.6 Å². The number of thiophene rings is 1. The molecule has 1 aliphatic rings. The molecule has 0 aliphatic carbocycles. The molecule has 1 saturated heterocycles. The molecule has 25 heavy (non-hydrogen) atoms. The van der Waals surface area contributed by atoms with Crippen LogP contribution >= 0.6 is 11.3 Å². The van der Waals surface area contributed by atoms with E-state index in [4.69, 9.17) is 4.98 Å². The van der Waals surface area contributed by atoms with E-state index in [9.17, 15) is 4.79 Å². The highest BCUT2D eigenvalue weighted by molar-refractivity contribution is 7.13. The third-order valence-corrected chi connectivity index (χ3v) is 5.23. The number of carbonyl (C=O) groups is 1. The molecule has 0 spiro atoms. The number of nitrogens with one attached hydrogen (secondary N) is 1. The van der Waals surface area contributed by atoms with Gasteiger partial charge in [-0.25, -0.2) is 15.0 Å². The monoisotopic (exact) mass is 354 g/mol. The second-order valence-electron chi connectivity index (χ2n) is 6.15. The van der Waals surface area contributed by atoms with E-state index < -0.39 is 0 Å². The highest BCUT2D eigenvalue weighted by Gasteiger charge is 2.28. The minimum absolute atomic E-state index is 0.117. The van der Waals surface area contributed by atoms with E-state index in [0.29, 0.717) is 6.54 Å². The van der Waals surface area contributed by atoms with E-state index in [0.717, 1.165) is 41.5 Å². The van der Waals surface area contributed by atoms with Crippen LogP contribution in [0.3, 0.4) is 0 Å². The Hall–Kier alpha value is -2.61. The summed E-state index contributed by atoms with van der Waals surface area (Å²) < 4.78 is 0. The average molecular weight is 354 g/mol. The molecule has 1 atom stereocenters. The SMILES string of the molecule is Cc1cc(-c2cccs2)nc([C@H]2CCCN(C(=O)c3ncn[nH]3)C2)n1. The zero-order chi connectivity index (χ0) is 17.2. The number of amides is 1. The van der Waals surface area contributed by atoms with Gasteiger partial charge < -0.3 is 4.90 Å². The first-order chi connectivity index (χ1) is 12.2. The second kappa shape index (κ2) is 6.72. The molecule has 128 valence electrons. The summed E-state index contributed by atoms with van der Waals surface area (Å²) in [5.74, 6) is 1.12. The van der Waals surface area contributed by atoms with Crippen LogP contribution in [0.25, 0.3) is 10.6 Å². The van der Waals surface area contributed by atoms with Gasteiger partial charge in [-0.3, -0.25) is 9.89 Å². The Morgan fingerprint density at radius 1 is 1.40 bits per heavy atom. The minimum atomic E-state index is -0.117. The number of carbonyl (C=O) groups excluding carboxylic acids is 1. The van der Waals surface area contributed by atoms with Crippen LogP contribution in [0.1, 0.15) is 40.9 Å². The summed E-state index contributed by atoms with van der Waals surface area (Å²) >= 11 is 1.67. The fourth-order valence-corrected chi connectivity index (χ4v) is 3.84. The van der Waals surface area contributed by atoms with Crippen molar-refractivity contribution < 1.29 is 4.79 Å². The van der Waals surface area contributed by atoms with Crippen LogP contribution in [0.2, 0.25) is 0 Å². The van der Waals surface area contributed by atoms with Crippen LogP contribution in [-0.2, 0) is 0 Å². The maximum Gasteiger partial charge on any atom is 0.291 e. The summed E-state index contributed by atoms with van der Waals surface area (Å²) in [5.41, 5.74) is 1.91. The summed E-state index contributed by atoms with van der Waals surface area (Å²) in [6.45, 7) is 3.31. The maximum absolute atomic E-state index is 12.5. The third kappa shape index (κ3) is 3.30. The van der Waals surface area contributed by atoms with Gasteiger partial charge in [-0.15, -0.1) is 11.3 Å². The van der Waals surface area contributed by atoms with Crippen molar-refractivity contribution in [2.24, 2.45) is 0 Å². The summed E-state index contributed by atoms with van der Waals surface area (Å²) in [6.07, 6.45) is 3.26. The molecule has 0 unspecified atom stereocenters. The number of likely N-dealkylation sites (tertiary alicyclic amines) is 1. The van der Waals surface area contributed by atoms with Gasteiger partial charge in [0.2, 0.25) is 5.82 Å². The quantitative estimate of drug-likeness (QED) is 0.781. The number of H-pyrrole nitrogens is 1. The third-order valence-electron chi connectivity index (χ3n) is 4.34. The Balaban J connectivity index is 1.58. The number of rotatable bonds is 3. The van der Waals surface area contributed by atoms with Crippen molar-refractivity contribution in [2.45, 2.75) is 25.7 Å². The first-order valence-electron chi connectivity index (χ1n) is 8.25. The molecular formula is C17H18N6OS. The molecule has 0 aromatic carbocycles. The smallest absolute Gasteiger partial charge is 0.291 e. The normalized spacial score (nSPS) is 17.6. The van der Waals surface area contributed by atoms with Crippen molar-refractivity contribution in [3.8, 4) is 10.6 Å². The summed E-state index contributed by atoms with van der Waals surface area (Å²) in [5, 5.41) is 8.45. The van der Waals surface area contributed by atoms with Crippen molar-refractivity contribution in [1.29, 1.82) is 0 Å². The Kier molecular flexibility index (Phi) is 4.27. The van der Waals surface area contributed by atoms with Crippen LogP contribution in [-0.4, -0.2) is 49.0 Å². The first kappa shape index (κ1) is 15.9. The molecule has 3 aromatic heterocycles. The molecule has 8 heteroatoms. The number of nitrogens with zero attached hydrogens (tertiary/aromatic N) is 5. The van der Waals surface area contributed by atoms with Gasteiger partial charge in [-0.1, -0.05) is 6.07 Å². The van der Waals surface area contributed by atoms with Crippen molar-refractivity contribution in [3.63, 3.8) is 0 Å². The van der Waals surface area contributed by atoms with E-state index in [1.54, 1.807) is 11.3 Å². The maximum atomic E-state index is 12.5. The summed E-state index contributed by atoms with van der Waals surface area (Å²) in [6, 6.07) is 6.10. The molecule has 0 saturated carbocycles. The number of hydrogen-bond acceptors (Lipinski definition) is 6. The van der Waals surface area contributed by atoms with Gasteiger partial charge in [0, 0.05) is 24.7 Å². The molecule has 3 aromatic rings. The molecule has 7 nitrogen and oxygen atoms in total. The second-order valence-corrected chi connectivity index (χ2v) is 7.10. The lowest BCUT2D eigenvalue weighted by Crippen LogP contribution is -2.40. The van der Waals surface area contributed by atoms with Crippen LogP contribution in [0, 0.1) is 6.92 Å². The van der Waals surface area contributed by atoms with Gasteiger partial charge in [-0.2, -0.15) is 5.10 Å². The topological polar surface area (TPSA) is 87.7 Å². The van der Waals surface area contributed by atoms with Crippen molar-refractivity contribution >= 4 is 17.2 Å². The Labute approximate surface area is 149 Å². The van der Waals surface area contributed by atoms with Gasteiger partial charge in [0.1, 0.15) is 12.2 Å². The fourth-order valence-electron chi connectivity index (χ4n) is 3.16. The lowest BCUT2D eigenvalue weighted by molar-refractivity contribution is 0.0692. The highest BCUT2D eigenvalue weighted by Crippen LogP contribution is 2.29. The number of piperidine rings is 1. The minimum Gasteiger partial charge on any atom is -0.335 e. The van der Waals surface area contributed by atoms with E-state index in [2.05, 4.69) is 26.2 Å². The lowest BCUT2D eigenvalue weighted by atomic mass is 9.96. The van der Waals surface area contributed by atoms with Gasteiger partial charge in [0.25, 0.3) is 5.91 Å². The van der Waals surface area contributed by atoms with E-state index in [1.807, 2.05) is 29.3 Å². The first-order valence-corrected chi connectivity index (χ1v) is 9.13. The number of aryl methyl sites for hydroxylation is 1. The zero-order valence-electron chi connectivity index (χ0n) is 13.8. The Bertz CT molecular complexity index is 861. The van der Waals surface area contributed by atoms with Crippen LogP contribution in [0.4, 0.5) is 0 Å². The van der Waals surface area contributed by atoms with Crippen molar-refractivity contribution in [3.05, 3.63) is 47.2 Å². The molecule has 0 radical (unpaired) electrons. The molecule has 1 amide bonds. The molecule has 1 aliphatic heterocycles. The predicted molar refractivity (Wildman–Crippen MR) is 94.3 cm³/mol. The summed E-state index contributed by atoms with van der Waals surface area (Å²) in [7, 11) is 0. The van der Waals surface area contributed by atoms with Gasteiger partial charge in [-0.05, 0) is 37.3 Å². The van der Waals surface area contributed by atoms with Gasteiger partial charge >= 0.3 is 0 Å². The van der Waals surface area contributed by atoms with Crippen molar-refractivity contribution in [1.82, 2.24) is 30.0 Å². The van der Waals surface area contributed by atoms with Crippen molar-refractivity contribution in [2.75, 3.05) is 13.1 Å². The molecule has 1 N–H and O–H groups in total. The summed E-state index contributed by atoms with van der Waals surface area (Å²) in [4.78, 5) is 28.8. The number of aromatic nitrogens is 5. The van der Waals surface area contributed by atoms with Gasteiger partial charge in [0.15, 0.2) is 0 Å². The number of aromatic amines is 1. The van der Waals surface area contributed by atoms with Crippen LogP contribution in [0.15, 0.2) is 29.9 Å². The molecular weight excluding hydrogens is 336 g/mol. The zero-order valence-corrected chi connectivity index (χ0v) is 14.7. The Morgan fingerprint density at radius 2 is 2.32 bits per heavy atom. The average Bonchev–Trinajstić information content (AvgIpc) is 3.34. The van der Waals surface area contributed by atoms with Gasteiger partial charge in [0.05, 0.1) is 10.6 Å². The van der Waals surface area contributed by atoms with Crippen LogP contribution in [0.5, 0.6) is 0 Å². The van der Waals surface area contributed by atoms with E-state index in [1.165, 1.54) is 6.33 Å². The highest BCUT2D eigenvalue weighted by atomic mass is 32.1. The molecule has 0 bridgehead atoms. The largest absolute Gasteiger partial charge is 0.335 e. The number of hydrogen-bond donors (Lipinski definition) is 1. The molecule has 1 fully saturated rings. The standard InChI is InChI=1S/C17H18N6OS/c1-11-8-13(14-5-3-7-25-14)21-15(20-11)12-4-2-6-23(9-12)17(24)16-18-10-19-22-16/h3,5,7-8,10,12H,2,4,6,9H2,1H3,(H,18,19,22)/t12-/m0/s1. The predicted octanol–water partition coefficient (Wildman–Crippen LogP) is 2.65. The lowest BCUT2D eigenvalue weighted by Gasteiger charge is -2.31. The van der Waals surface area contributed by atoms with Crippen LogP contribution < -0.4 is 0 Å². The van der Waals surface area contributed by atoms with E-state index >= 15 is 0 Å². The molecule has 4 rings (SSSR count). The Morgan fingerprint density at radius 3 is 3.08 bits per heavy atom. The fraction of sp³-hybridized carbons (Fsp3) is 0.353. The molecule has 4 heterocycles.